The minimum absolute atomic E-state index is 0.608. The summed E-state index contributed by atoms with van der Waals surface area (Å²) in [4.78, 5) is 0. The van der Waals surface area contributed by atoms with Crippen molar-refractivity contribution in [2.75, 3.05) is 6.54 Å². The average molecular weight is 259 g/mol. The Morgan fingerprint density at radius 1 is 1.11 bits per heavy atom. The van der Waals surface area contributed by atoms with Crippen molar-refractivity contribution in [1.82, 2.24) is 5.32 Å². The lowest BCUT2D eigenvalue weighted by Gasteiger charge is -2.35. The molecule has 2 rings (SSSR count). The quantitative estimate of drug-likeness (QED) is 0.832. The highest BCUT2D eigenvalue weighted by atomic mass is 14.9. The Morgan fingerprint density at radius 2 is 1.84 bits per heavy atom. The van der Waals surface area contributed by atoms with Crippen molar-refractivity contribution < 1.29 is 0 Å². The van der Waals surface area contributed by atoms with E-state index in [0.29, 0.717) is 6.04 Å². The van der Waals surface area contributed by atoms with Crippen LogP contribution in [0.1, 0.15) is 45.6 Å². The molecule has 19 heavy (non-hydrogen) atoms. The van der Waals surface area contributed by atoms with Crippen molar-refractivity contribution in [3.05, 3.63) is 35.9 Å². The molecule has 106 valence electrons. The summed E-state index contributed by atoms with van der Waals surface area (Å²) in [6.07, 6.45) is 5.48. The molecule has 0 amide bonds. The fraction of sp³-hybridized carbons (Fsp3) is 0.667. The summed E-state index contributed by atoms with van der Waals surface area (Å²) in [6.45, 7) is 8.11. The fourth-order valence-electron chi connectivity index (χ4n) is 3.38. The average Bonchev–Trinajstić information content (AvgIpc) is 2.39. The molecule has 1 nitrogen and oxygen atoms in total. The highest BCUT2D eigenvalue weighted by molar-refractivity contribution is 5.15. The van der Waals surface area contributed by atoms with E-state index in [4.69, 9.17) is 0 Å². The van der Waals surface area contributed by atoms with Crippen LogP contribution in [0.4, 0.5) is 0 Å². The second-order valence-electron chi connectivity index (χ2n) is 6.69. The molecule has 0 aliphatic heterocycles. The van der Waals surface area contributed by atoms with Gasteiger partial charge in [-0.3, -0.25) is 0 Å². The molecule has 1 aliphatic rings. The number of nitrogens with one attached hydrogen (secondary N) is 1. The van der Waals surface area contributed by atoms with E-state index < -0.39 is 0 Å². The zero-order valence-corrected chi connectivity index (χ0v) is 12.7. The second kappa shape index (κ2) is 7.09. The molecule has 0 bridgehead atoms. The topological polar surface area (TPSA) is 12.0 Å². The summed E-state index contributed by atoms with van der Waals surface area (Å²) in [7, 11) is 0. The molecule has 3 unspecified atom stereocenters. The van der Waals surface area contributed by atoms with Gasteiger partial charge in [0.25, 0.3) is 0 Å². The van der Waals surface area contributed by atoms with E-state index in [1.807, 2.05) is 0 Å². The molecule has 0 radical (unpaired) electrons. The van der Waals surface area contributed by atoms with Crippen LogP contribution in [0, 0.1) is 17.8 Å². The van der Waals surface area contributed by atoms with Crippen molar-refractivity contribution in [1.29, 1.82) is 0 Å². The summed E-state index contributed by atoms with van der Waals surface area (Å²) in [5.74, 6) is 2.63. The summed E-state index contributed by atoms with van der Waals surface area (Å²) in [5, 5.41) is 3.65. The van der Waals surface area contributed by atoms with Gasteiger partial charge in [0, 0.05) is 6.04 Å². The van der Waals surface area contributed by atoms with Crippen LogP contribution in [0.15, 0.2) is 30.3 Å². The van der Waals surface area contributed by atoms with E-state index in [0.717, 1.165) is 17.8 Å². The second-order valence-corrected chi connectivity index (χ2v) is 6.69. The molecule has 0 aromatic heterocycles. The predicted octanol–water partition coefficient (Wildman–Crippen LogP) is 4.28. The Morgan fingerprint density at radius 3 is 2.53 bits per heavy atom. The molecule has 1 fully saturated rings. The van der Waals surface area contributed by atoms with Crippen molar-refractivity contribution in [2.24, 2.45) is 17.8 Å². The normalized spacial score (nSPS) is 27.7. The predicted molar refractivity (Wildman–Crippen MR) is 83.3 cm³/mol. The van der Waals surface area contributed by atoms with Crippen LogP contribution in [0.2, 0.25) is 0 Å². The van der Waals surface area contributed by atoms with Crippen LogP contribution in [0.3, 0.4) is 0 Å². The number of benzene rings is 1. The lowest BCUT2D eigenvalue weighted by atomic mass is 9.72. The van der Waals surface area contributed by atoms with E-state index >= 15 is 0 Å². The Bertz CT molecular complexity index is 357. The lowest BCUT2D eigenvalue weighted by Crippen LogP contribution is -2.36. The van der Waals surface area contributed by atoms with Crippen LogP contribution in [0.25, 0.3) is 0 Å². The van der Waals surface area contributed by atoms with Gasteiger partial charge in [-0.05, 0) is 49.1 Å². The fourth-order valence-corrected chi connectivity index (χ4v) is 3.38. The van der Waals surface area contributed by atoms with Crippen LogP contribution in [0.5, 0.6) is 0 Å². The zero-order valence-electron chi connectivity index (χ0n) is 12.7. The molecule has 1 aromatic rings. The van der Waals surface area contributed by atoms with Gasteiger partial charge in [0.15, 0.2) is 0 Å². The molecule has 1 N–H and O–H groups in total. The van der Waals surface area contributed by atoms with E-state index in [9.17, 15) is 0 Å². The third kappa shape index (κ3) is 4.65. The first-order chi connectivity index (χ1) is 9.15. The highest BCUT2D eigenvalue weighted by Gasteiger charge is 2.28. The number of hydrogen-bond acceptors (Lipinski definition) is 1. The summed E-state index contributed by atoms with van der Waals surface area (Å²) in [5.41, 5.74) is 1.51. The van der Waals surface area contributed by atoms with E-state index in [-0.39, 0.29) is 0 Å². The van der Waals surface area contributed by atoms with Crippen molar-refractivity contribution in [3.63, 3.8) is 0 Å². The molecule has 1 saturated carbocycles. The third-order valence-electron chi connectivity index (χ3n) is 4.53. The van der Waals surface area contributed by atoms with Gasteiger partial charge in [-0.15, -0.1) is 0 Å². The Labute approximate surface area is 118 Å². The molecule has 1 aliphatic carbocycles. The van der Waals surface area contributed by atoms with Gasteiger partial charge in [0.2, 0.25) is 0 Å². The number of rotatable bonds is 5. The Hall–Kier alpha value is -0.820. The maximum atomic E-state index is 3.65. The molecule has 0 heterocycles. The minimum atomic E-state index is 0.608. The largest absolute Gasteiger partial charge is 0.314 e. The van der Waals surface area contributed by atoms with E-state index in [1.54, 1.807) is 0 Å². The molecule has 1 heteroatoms. The van der Waals surface area contributed by atoms with Crippen molar-refractivity contribution in [3.8, 4) is 0 Å². The molecule has 3 atom stereocenters. The molecule has 0 saturated heterocycles. The Balaban J connectivity index is 1.96. The first-order valence-corrected chi connectivity index (χ1v) is 7.92. The highest BCUT2D eigenvalue weighted by Crippen LogP contribution is 2.35. The maximum Gasteiger partial charge on any atom is 0.00104 e. The lowest BCUT2D eigenvalue weighted by molar-refractivity contribution is 0.181. The first kappa shape index (κ1) is 14.6. The van der Waals surface area contributed by atoms with Gasteiger partial charge in [-0.1, -0.05) is 57.5 Å². The van der Waals surface area contributed by atoms with Crippen LogP contribution in [-0.2, 0) is 6.42 Å². The number of hydrogen-bond donors (Lipinski definition) is 1. The van der Waals surface area contributed by atoms with Crippen molar-refractivity contribution >= 4 is 0 Å². The maximum absolute atomic E-state index is 3.65. The van der Waals surface area contributed by atoms with Gasteiger partial charge >= 0.3 is 0 Å². The van der Waals surface area contributed by atoms with Crippen LogP contribution >= 0.6 is 0 Å². The molecule has 0 spiro atoms. The monoisotopic (exact) mass is 259 g/mol. The Kier molecular flexibility index (Phi) is 5.45. The van der Waals surface area contributed by atoms with E-state index in [1.165, 1.54) is 37.8 Å². The molecular weight excluding hydrogens is 230 g/mol. The van der Waals surface area contributed by atoms with Gasteiger partial charge in [-0.25, -0.2) is 0 Å². The van der Waals surface area contributed by atoms with Crippen molar-refractivity contribution in [2.45, 2.75) is 52.5 Å². The van der Waals surface area contributed by atoms with Gasteiger partial charge < -0.3 is 5.32 Å². The summed E-state index contributed by atoms with van der Waals surface area (Å²) < 4.78 is 0. The summed E-state index contributed by atoms with van der Waals surface area (Å²) >= 11 is 0. The first-order valence-electron chi connectivity index (χ1n) is 7.92. The zero-order chi connectivity index (χ0) is 13.7. The van der Waals surface area contributed by atoms with Crippen LogP contribution < -0.4 is 5.32 Å². The third-order valence-corrected chi connectivity index (χ3v) is 4.53. The smallest absolute Gasteiger partial charge is 0.00104 e. The van der Waals surface area contributed by atoms with Gasteiger partial charge in [0.05, 0.1) is 0 Å². The van der Waals surface area contributed by atoms with Crippen LogP contribution in [-0.4, -0.2) is 12.6 Å². The summed E-state index contributed by atoms with van der Waals surface area (Å²) in [6, 6.07) is 11.6. The minimum Gasteiger partial charge on any atom is -0.314 e. The standard InChI is InChI=1S/C18H29N/c1-14(2)19-13-17-10-9-15(3)11-18(17)12-16-7-5-4-6-8-16/h4-8,14-15,17-19H,9-13H2,1-3H3. The SMILES string of the molecule is CC1CCC(CNC(C)C)C(Cc2ccccc2)C1. The molecular formula is C18H29N. The van der Waals surface area contributed by atoms with Gasteiger partial charge in [0.1, 0.15) is 0 Å². The van der Waals surface area contributed by atoms with Gasteiger partial charge in [-0.2, -0.15) is 0 Å². The van der Waals surface area contributed by atoms with E-state index in [2.05, 4.69) is 56.4 Å². The molecule has 1 aromatic carbocycles.